The number of carbonyl (C=O) groups excluding carboxylic acids is 1. The van der Waals surface area contributed by atoms with Crippen LogP contribution in [0, 0.1) is 5.82 Å². The highest BCUT2D eigenvalue weighted by atomic mass is 32.1. The van der Waals surface area contributed by atoms with E-state index < -0.39 is 17.8 Å². The van der Waals surface area contributed by atoms with Gasteiger partial charge in [-0.2, -0.15) is 0 Å². The van der Waals surface area contributed by atoms with Crippen LogP contribution in [0.3, 0.4) is 0 Å². The largest absolute Gasteiger partial charge is 0.478 e. The van der Waals surface area contributed by atoms with Crippen LogP contribution >= 0.6 is 11.3 Å². The number of thiophene rings is 1. The average Bonchev–Trinajstić information content (AvgIpc) is 2.94. The van der Waals surface area contributed by atoms with Crippen LogP contribution in [0.2, 0.25) is 0 Å². The Balaban J connectivity index is 2.11. The molecule has 0 spiro atoms. The summed E-state index contributed by atoms with van der Waals surface area (Å²) in [5.74, 6) is -2.11. The lowest BCUT2D eigenvalue weighted by atomic mass is 10.1. The fourth-order valence-electron chi connectivity index (χ4n) is 1.78. The van der Waals surface area contributed by atoms with Crippen molar-refractivity contribution in [2.24, 2.45) is 0 Å². The van der Waals surface area contributed by atoms with Gasteiger partial charge in [0.05, 0.1) is 17.3 Å². The molecule has 1 unspecified atom stereocenters. The van der Waals surface area contributed by atoms with Gasteiger partial charge >= 0.3 is 12.0 Å². The van der Waals surface area contributed by atoms with E-state index in [-0.39, 0.29) is 17.3 Å². The minimum Gasteiger partial charge on any atom is -0.478 e. The number of halogens is 1. The first-order valence-corrected chi connectivity index (χ1v) is 6.99. The number of carbonyl (C=O) groups is 2. The minimum absolute atomic E-state index is 0.259. The van der Waals surface area contributed by atoms with E-state index in [1.807, 2.05) is 17.5 Å². The van der Waals surface area contributed by atoms with E-state index in [1.165, 1.54) is 23.5 Å². The molecule has 5 nitrogen and oxygen atoms in total. The molecule has 0 aliphatic heterocycles. The molecular weight excluding hydrogens is 295 g/mol. The van der Waals surface area contributed by atoms with Gasteiger partial charge in [-0.1, -0.05) is 12.1 Å². The normalized spacial score (nSPS) is 11.7. The molecule has 0 aliphatic rings. The zero-order chi connectivity index (χ0) is 15.4. The van der Waals surface area contributed by atoms with Gasteiger partial charge in [0.2, 0.25) is 0 Å². The van der Waals surface area contributed by atoms with Crippen LogP contribution in [-0.4, -0.2) is 17.1 Å². The maximum atomic E-state index is 13.7. The van der Waals surface area contributed by atoms with Crippen LogP contribution in [0.25, 0.3) is 0 Å². The van der Waals surface area contributed by atoms with Crippen molar-refractivity contribution in [1.29, 1.82) is 0 Å². The van der Waals surface area contributed by atoms with Gasteiger partial charge in [0.25, 0.3) is 0 Å². The Bertz CT molecular complexity index is 658. The number of hydrogen-bond acceptors (Lipinski definition) is 3. The van der Waals surface area contributed by atoms with E-state index in [2.05, 4.69) is 10.6 Å². The molecule has 0 saturated heterocycles. The smallest absolute Gasteiger partial charge is 0.337 e. The van der Waals surface area contributed by atoms with Gasteiger partial charge in [-0.05, 0) is 30.5 Å². The molecular formula is C14H13FN2O3S. The summed E-state index contributed by atoms with van der Waals surface area (Å²) in [6, 6.07) is 6.38. The Morgan fingerprint density at radius 1 is 1.29 bits per heavy atom. The summed E-state index contributed by atoms with van der Waals surface area (Å²) in [4.78, 5) is 23.8. The first-order chi connectivity index (χ1) is 9.99. The number of aromatic carboxylic acids is 1. The van der Waals surface area contributed by atoms with Crippen LogP contribution in [0.1, 0.15) is 28.2 Å². The number of para-hydroxylation sites is 1. The van der Waals surface area contributed by atoms with Crippen molar-refractivity contribution in [1.82, 2.24) is 5.32 Å². The Hall–Kier alpha value is -2.41. The highest BCUT2D eigenvalue weighted by Gasteiger charge is 2.17. The number of hydrogen-bond donors (Lipinski definition) is 3. The van der Waals surface area contributed by atoms with Crippen molar-refractivity contribution in [3.05, 3.63) is 52.0 Å². The molecule has 21 heavy (non-hydrogen) atoms. The molecule has 1 atom stereocenters. The van der Waals surface area contributed by atoms with Crippen LogP contribution in [0.4, 0.5) is 14.9 Å². The second kappa shape index (κ2) is 6.36. The van der Waals surface area contributed by atoms with E-state index in [1.54, 1.807) is 6.92 Å². The summed E-state index contributed by atoms with van der Waals surface area (Å²) in [6.07, 6.45) is 0. The van der Waals surface area contributed by atoms with E-state index in [0.29, 0.717) is 0 Å². The molecule has 7 heteroatoms. The quantitative estimate of drug-likeness (QED) is 0.809. The van der Waals surface area contributed by atoms with Crippen LogP contribution in [0.15, 0.2) is 35.7 Å². The van der Waals surface area contributed by atoms with Gasteiger partial charge in [0.1, 0.15) is 5.82 Å². The van der Waals surface area contributed by atoms with Gasteiger partial charge in [0, 0.05) is 4.88 Å². The van der Waals surface area contributed by atoms with Crippen LogP contribution in [-0.2, 0) is 0 Å². The molecule has 0 fully saturated rings. The van der Waals surface area contributed by atoms with Gasteiger partial charge in [-0.3, -0.25) is 0 Å². The van der Waals surface area contributed by atoms with Crippen molar-refractivity contribution in [3.63, 3.8) is 0 Å². The highest BCUT2D eigenvalue weighted by Crippen LogP contribution is 2.21. The average molecular weight is 308 g/mol. The lowest BCUT2D eigenvalue weighted by molar-refractivity contribution is 0.0697. The predicted octanol–water partition coefficient (Wildman–Crippen LogP) is 3.47. The Kier molecular flexibility index (Phi) is 4.54. The second-order valence-corrected chi connectivity index (χ2v) is 5.28. The first-order valence-electron chi connectivity index (χ1n) is 6.11. The summed E-state index contributed by atoms with van der Waals surface area (Å²) >= 11 is 1.48. The summed E-state index contributed by atoms with van der Waals surface area (Å²) in [6.45, 7) is 1.78. The maximum absolute atomic E-state index is 13.7. The van der Waals surface area contributed by atoms with Crippen molar-refractivity contribution < 1.29 is 19.1 Å². The molecule has 0 bridgehead atoms. The molecule has 2 aromatic rings. The monoisotopic (exact) mass is 308 g/mol. The number of urea groups is 1. The molecule has 110 valence electrons. The lowest BCUT2D eigenvalue weighted by Gasteiger charge is -2.14. The SMILES string of the molecule is CC(NC(=O)Nc1c(F)cccc1C(=O)O)c1cccs1. The van der Waals surface area contributed by atoms with Gasteiger partial charge in [-0.25, -0.2) is 14.0 Å². The molecule has 3 N–H and O–H groups in total. The maximum Gasteiger partial charge on any atom is 0.337 e. The van der Waals surface area contributed by atoms with Crippen LogP contribution < -0.4 is 10.6 Å². The number of nitrogens with one attached hydrogen (secondary N) is 2. The molecule has 0 aliphatic carbocycles. The standard InChI is InChI=1S/C14H13FN2O3S/c1-8(11-6-3-7-21-11)16-14(20)17-12-9(13(18)19)4-2-5-10(12)15/h2-8H,1H3,(H,18,19)(H2,16,17,20). The van der Waals surface area contributed by atoms with E-state index in [0.717, 1.165) is 10.9 Å². The zero-order valence-corrected chi connectivity index (χ0v) is 11.9. The lowest BCUT2D eigenvalue weighted by Crippen LogP contribution is -2.31. The van der Waals surface area contributed by atoms with Gasteiger partial charge in [-0.15, -0.1) is 11.3 Å². The van der Waals surface area contributed by atoms with E-state index in [4.69, 9.17) is 5.11 Å². The molecule has 0 radical (unpaired) electrons. The highest BCUT2D eigenvalue weighted by molar-refractivity contribution is 7.10. The summed E-state index contributed by atoms with van der Waals surface area (Å²) in [5, 5.41) is 15.8. The predicted molar refractivity (Wildman–Crippen MR) is 78.2 cm³/mol. The fraction of sp³-hybridized carbons (Fsp3) is 0.143. The summed E-state index contributed by atoms with van der Waals surface area (Å²) in [5.41, 5.74) is -0.644. The number of carboxylic acids is 1. The minimum atomic E-state index is -1.31. The molecule has 0 saturated carbocycles. The second-order valence-electron chi connectivity index (χ2n) is 4.30. The van der Waals surface area contributed by atoms with E-state index >= 15 is 0 Å². The molecule has 2 rings (SSSR count). The van der Waals surface area contributed by atoms with Crippen LogP contribution in [0.5, 0.6) is 0 Å². The Morgan fingerprint density at radius 3 is 2.67 bits per heavy atom. The Labute approximate surface area is 124 Å². The van der Waals surface area contributed by atoms with Crippen molar-refractivity contribution in [2.45, 2.75) is 13.0 Å². The van der Waals surface area contributed by atoms with Crippen molar-refractivity contribution >= 4 is 29.0 Å². The van der Waals surface area contributed by atoms with Crippen molar-refractivity contribution in [3.8, 4) is 0 Å². The Morgan fingerprint density at radius 2 is 2.05 bits per heavy atom. The molecule has 1 aromatic carbocycles. The molecule has 2 amide bonds. The number of benzene rings is 1. The third-order valence-corrected chi connectivity index (χ3v) is 3.86. The zero-order valence-electron chi connectivity index (χ0n) is 11.1. The first kappa shape index (κ1) is 15.0. The van der Waals surface area contributed by atoms with Gasteiger partial charge < -0.3 is 15.7 Å². The number of rotatable bonds is 4. The summed E-state index contributed by atoms with van der Waals surface area (Å²) < 4.78 is 13.7. The number of anilines is 1. The number of amides is 2. The number of carboxylic acid groups (broad SMARTS) is 1. The van der Waals surface area contributed by atoms with E-state index in [9.17, 15) is 14.0 Å². The third-order valence-electron chi connectivity index (χ3n) is 2.80. The topological polar surface area (TPSA) is 78.4 Å². The molecule has 1 heterocycles. The third kappa shape index (κ3) is 3.57. The molecule has 1 aromatic heterocycles. The summed E-state index contributed by atoms with van der Waals surface area (Å²) in [7, 11) is 0. The fourth-order valence-corrected chi connectivity index (χ4v) is 2.52. The van der Waals surface area contributed by atoms with Crippen molar-refractivity contribution in [2.75, 3.05) is 5.32 Å². The van der Waals surface area contributed by atoms with Gasteiger partial charge in [0.15, 0.2) is 0 Å².